The van der Waals surface area contributed by atoms with Gasteiger partial charge in [0.15, 0.2) is 0 Å². The first kappa shape index (κ1) is 10.2. The number of rotatable bonds is 1. The SMILES string of the molecule is CCNC(=O)O.[Hf]. The summed E-state index contributed by atoms with van der Waals surface area (Å²) in [5.41, 5.74) is 0. The van der Waals surface area contributed by atoms with Crippen molar-refractivity contribution in [2.24, 2.45) is 0 Å². The summed E-state index contributed by atoms with van der Waals surface area (Å²) in [4.78, 5) is 9.49. The van der Waals surface area contributed by atoms with Gasteiger partial charge in [0.25, 0.3) is 0 Å². The van der Waals surface area contributed by atoms with Crippen molar-refractivity contribution in [1.82, 2.24) is 5.32 Å². The Balaban J connectivity index is 0. The maximum Gasteiger partial charge on any atom is 0.404 e. The number of hydrogen-bond donors (Lipinski definition) is 2. The second-order valence-electron chi connectivity index (χ2n) is 0.835. The van der Waals surface area contributed by atoms with Crippen LogP contribution in [0.5, 0.6) is 0 Å². The molecule has 7 heavy (non-hydrogen) atoms. The van der Waals surface area contributed by atoms with E-state index in [0.717, 1.165) is 0 Å². The van der Waals surface area contributed by atoms with E-state index in [9.17, 15) is 4.79 Å². The van der Waals surface area contributed by atoms with Crippen LogP contribution in [-0.2, 0) is 25.8 Å². The summed E-state index contributed by atoms with van der Waals surface area (Å²) in [6, 6.07) is 0. The third-order valence-electron chi connectivity index (χ3n) is 0.328. The van der Waals surface area contributed by atoms with Crippen LogP contribution in [-0.4, -0.2) is 17.7 Å². The number of hydrogen-bond acceptors (Lipinski definition) is 1. The molecule has 0 unspecified atom stereocenters. The smallest absolute Gasteiger partial charge is 0.404 e. The summed E-state index contributed by atoms with van der Waals surface area (Å²) in [6.07, 6.45) is -0.961. The van der Waals surface area contributed by atoms with Crippen LogP contribution >= 0.6 is 0 Å². The van der Waals surface area contributed by atoms with Crippen molar-refractivity contribution < 1.29 is 35.7 Å². The number of carbonyl (C=O) groups is 1. The van der Waals surface area contributed by atoms with Crippen LogP contribution in [0.25, 0.3) is 0 Å². The molecule has 40 valence electrons. The average molecular weight is 268 g/mol. The minimum atomic E-state index is -0.961. The van der Waals surface area contributed by atoms with E-state index in [2.05, 4.69) is 5.32 Å². The van der Waals surface area contributed by atoms with Gasteiger partial charge in [-0.15, -0.1) is 0 Å². The minimum Gasteiger partial charge on any atom is -0.465 e. The van der Waals surface area contributed by atoms with Crippen LogP contribution in [0.4, 0.5) is 4.79 Å². The molecule has 0 fully saturated rings. The zero-order chi connectivity index (χ0) is 4.99. The topological polar surface area (TPSA) is 49.3 Å². The van der Waals surface area contributed by atoms with Gasteiger partial charge in [-0.3, -0.25) is 0 Å². The predicted molar refractivity (Wildman–Crippen MR) is 21.7 cm³/mol. The summed E-state index contributed by atoms with van der Waals surface area (Å²) >= 11 is 0. The molecule has 1 amide bonds. The van der Waals surface area contributed by atoms with Gasteiger partial charge in [0, 0.05) is 32.4 Å². The quantitative estimate of drug-likeness (QED) is 0.670. The first-order valence-corrected chi connectivity index (χ1v) is 1.74. The Kier molecular flexibility index (Phi) is 8.94. The number of nitrogens with one attached hydrogen (secondary N) is 1. The molecule has 0 aliphatic carbocycles. The molecule has 3 nitrogen and oxygen atoms in total. The molecule has 0 bridgehead atoms. The monoisotopic (exact) mass is 269 g/mol. The molecule has 0 aliphatic rings. The zero-order valence-electron chi connectivity index (χ0n) is 4.06. The van der Waals surface area contributed by atoms with Crippen molar-refractivity contribution in [2.45, 2.75) is 6.92 Å². The van der Waals surface area contributed by atoms with Gasteiger partial charge in [0.05, 0.1) is 0 Å². The largest absolute Gasteiger partial charge is 0.465 e. The molecule has 2 N–H and O–H groups in total. The standard InChI is InChI=1S/C3H7NO2.Hf/c1-2-4-3(5)6;/h4H,2H2,1H3,(H,5,6);. The molecule has 0 rings (SSSR count). The molecule has 0 spiro atoms. The molecule has 0 radical (unpaired) electrons. The number of amides is 1. The second kappa shape index (κ2) is 6.14. The molecule has 0 aromatic heterocycles. The molecule has 0 aromatic carbocycles. The maximum absolute atomic E-state index is 9.49. The summed E-state index contributed by atoms with van der Waals surface area (Å²) in [5.74, 6) is 0. The molecule has 4 heteroatoms. The van der Waals surface area contributed by atoms with Gasteiger partial charge in [-0.2, -0.15) is 0 Å². The molecule has 0 saturated carbocycles. The van der Waals surface area contributed by atoms with Crippen LogP contribution < -0.4 is 5.32 Å². The van der Waals surface area contributed by atoms with Crippen molar-refractivity contribution in [2.75, 3.05) is 6.54 Å². The van der Waals surface area contributed by atoms with E-state index in [1.165, 1.54) is 0 Å². The van der Waals surface area contributed by atoms with Crippen molar-refractivity contribution in [1.29, 1.82) is 0 Å². The summed E-state index contributed by atoms with van der Waals surface area (Å²) < 4.78 is 0. The van der Waals surface area contributed by atoms with E-state index in [-0.39, 0.29) is 25.8 Å². The Hall–Kier alpha value is 0.140. The van der Waals surface area contributed by atoms with E-state index in [0.29, 0.717) is 6.54 Å². The van der Waals surface area contributed by atoms with Crippen LogP contribution in [0.15, 0.2) is 0 Å². The molecule has 0 saturated heterocycles. The molecule has 0 atom stereocenters. The van der Waals surface area contributed by atoms with Crippen molar-refractivity contribution >= 4 is 6.09 Å². The van der Waals surface area contributed by atoms with Crippen molar-refractivity contribution in [3.8, 4) is 0 Å². The van der Waals surface area contributed by atoms with Crippen LogP contribution in [0.3, 0.4) is 0 Å². The van der Waals surface area contributed by atoms with Gasteiger partial charge >= 0.3 is 6.09 Å². The molecule has 0 aliphatic heterocycles. The van der Waals surface area contributed by atoms with Crippen LogP contribution in [0.2, 0.25) is 0 Å². The Labute approximate surface area is 60.9 Å². The van der Waals surface area contributed by atoms with E-state index in [1.54, 1.807) is 6.92 Å². The van der Waals surface area contributed by atoms with Crippen LogP contribution in [0, 0.1) is 0 Å². The van der Waals surface area contributed by atoms with Gasteiger partial charge in [0.1, 0.15) is 0 Å². The summed E-state index contributed by atoms with van der Waals surface area (Å²) in [6.45, 7) is 2.21. The first-order valence-electron chi connectivity index (χ1n) is 1.74. The van der Waals surface area contributed by atoms with E-state index >= 15 is 0 Å². The normalized spacial score (nSPS) is 6.43. The fourth-order valence-corrected chi connectivity index (χ4v) is 0.151. The summed E-state index contributed by atoms with van der Waals surface area (Å²) in [5, 5.41) is 9.93. The predicted octanol–water partition coefficient (Wildman–Crippen LogP) is 0.271. The Morgan fingerprint density at radius 1 is 1.86 bits per heavy atom. The van der Waals surface area contributed by atoms with Gasteiger partial charge in [-0.05, 0) is 6.92 Å². The van der Waals surface area contributed by atoms with Gasteiger partial charge < -0.3 is 10.4 Å². The van der Waals surface area contributed by atoms with E-state index in [1.807, 2.05) is 0 Å². The number of carboxylic acid groups (broad SMARTS) is 1. The third kappa shape index (κ3) is 10.7. The zero-order valence-corrected chi connectivity index (χ0v) is 7.66. The minimum absolute atomic E-state index is 0. The third-order valence-corrected chi connectivity index (χ3v) is 0.328. The first-order chi connectivity index (χ1) is 2.77. The van der Waals surface area contributed by atoms with Gasteiger partial charge in [-0.1, -0.05) is 0 Å². The maximum atomic E-state index is 9.49. The molecule has 0 aromatic rings. The average Bonchev–Trinajstić information content (AvgIpc) is 1.35. The molecular weight excluding hydrogens is 261 g/mol. The molecule has 0 heterocycles. The Morgan fingerprint density at radius 3 is 2.29 bits per heavy atom. The fraction of sp³-hybridized carbons (Fsp3) is 0.667. The van der Waals surface area contributed by atoms with E-state index < -0.39 is 6.09 Å². The van der Waals surface area contributed by atoms with E-state index in [4.69, 9.17) is 5.11 Å². The summed E-state index contributed by atoms with van der Waals surface area (Å²) in [7, 11) is 0. The van der Waals surface area contributed by atoms with Gasteiger partial charge in [-0.25, -0.2) is 4.79 Å². The Morgan fingerprint density at radius 2 is 2.29 bits per heavy atom. The Bertz CT molecular complexity index is 56.9. The fourth-order valence-electron chi connectivity index (χ4n) is 0.151. The molecular formula is C3H7HfNO2. The van der Waals surface area contributed by atoms with Crippen LogP contribution in [0.1, 0.15) is 6.92 Å². The van der Waals surface area contributed by atoms with Crippen molar-refractivity contribution in [3.05, 3.63) is 0 Å². The van der Waals surface area contributed by atoms with Crippen molar-refractivity contribution in [3.63, 3.8) is 0 Å². The second-order valence-corrected chi connectivity index (χ2v) is 0.835. The van der Waals surface area contributed by atoms with Gasteiger partial charge in [0.2, 0.25) is 0 Å².